The van der Waals surface area contributed by atoms with Gasteiger partial charge in [-0.25, -0.2) is 0 Å². The van der Waals surface area contributed by atoms with E-state index >= 15 is 0 Å². The van der Waals surface area contributed by atoms with Gasteiger partial charge in [0.15, 0.2) is 6.10 Å². The number of halogens is 1. The van der Waals surface area contributed by atoms with Crippen LogP contribution in [0.3, 0.4) is 0 Å². The Kier molecular flexibility index (Phi) is 3.42. The van der Waals surface area contributed by atoms with Gasteiger partial charge in [0, 0.05) is 13.0 Å². The lowest BCUT2D eigenvalue weighted by atomic mass is 9.97. The lowest BCUT2D eigenvalue weighted by Crippen LogP contribution is -2.44. The second-order valence-electron chi connectivity index (χ2n) is 5.11. The average Bonchev–Trinajstić information content (AvgIpc) is 2.75. The van der Waals surface area contributed by atoms with Gasteiger partial charge in [-0.05, 0) is 23.3 Å². The highest BCUT2D eigenvalue weighted by Gasteiger charge is 2.45. The fourth-order valence-corrected chi connectivity index (χ4v) is 2.86. The van der Waals surface area contributed by atoms with E-state index in [2.05, 4.69) is 0 Å². The average molecular weight is 290 g/mol. The number of benzene rings is 2. The summed E-state index contributed by atoms with van der Waals surface area (Å²) in [7, 11) is 0. The van der Waals surface area contributed by atoms with E-state index in [1.54, 1.807) is 12.1 Å². The Balaban J connectivity index is 2.00. The van der Waals surface area contributed by atoms with E-state index in [9.17, 15) is 5.11 Å². The smallest absolute Gasteiger partial charge is 0.154 e. The Morgan fingerprint density at radius 1 is 1.20 bits per heavy atom. The normalized spacial score (nSPS) is 24.4. The maximum atomic E-state index is 10.7. The van der Waals surface area contributed by atoms with Gasteiger partial charge in [-0.15, -0.1) is 0 Å². The molecule has 3 nitrogen and oxygen atoms in total. The molecule has 3 rings (SSSR count). The van der Waals surface area contributed by atoms with E-state index in [-0.39, 0.29) is 6.54 Å². The second-order valence-corrected chi connectivity index (χ2v) is 5.52. The van der Waals surface area contributed by atoms with Crippen molar-refractivity contribution in [1.29, 1.82) is 0 Å². The monoisotopic (exact) mass is 289 g/mol. The number of para-hydroxylation sites is 1. The van der Waals surface area contributed by atoms with Crippen LogP contribution in [-0.4, -0.2) is 17.3 Å². The van der Waals surface area contributed by atoms with Crippen molar-refractivity contribution in [2.24, 2.45) is 5.73 Å². The summed E-state index contributed by atoms with van der Waals surface area (Å²) in [6.07, 6.45) is -0.00183. The summed E-state index contributed by atoms with van der Waals surface area (Å²) in [5.41, 5.74) is 6.71. The highest BCUT2D eigenvalue weighted by molar-refractivity contribution is 6.32. The van der Waals surface area contributed by atoms with E-state index in [1.807, 2.05) is 36.4 Å². The minimum atomic E-state index is -1.09. The highest BCUT2D eigenvalue weighted by Crippen LogP contribution is 2.42. The maximum Gasteiger partial charge on any atom is 0.154 e. The largest absolute Gasteiger partial charge is 0.481 e. The Labute approximate surface area is 122 Å². The van der Waals surface area contributed by atoms with Crippen LogP contribution in [0.4, 0.5) is 0 Å². The van der Waals surface area contributed by atoms with E-state index in [4.69, 9.17) is 22.1 Å². The topological polar surface area (TPSA) is 55.5 Å². The van der Waals surface area contributed by atoms with Crippen LogP contribution in [0.15, 0.2) is 48.5 Å². The quantitative estimate of drug-likeness (QED) is 0.913. The molecular formula is C16H16ClNO2. The molecule has 0 fully saturated rings. The first-order chi connectivity index (χ1) is 9.64. The first-order valence-electron chi connectivity index (χ1n) is 6.55. The maximum absolute atomic E-state index is 10.7. The van der Waals surface area contributed by atoms with E-state index < -0.39 is 11.7 Å². The molecule has 1 aliphatic rings. The third kappa shape index (κ3) is 2.18. The summed E-state index contributed by atoms with van der Waals surface area (Å²) < 4.78 is 5.98. The number of hydrogen-bond acceptors (Lipinski definition) is 3. The molecule has 2 aromatic rings. The molecule has 3 N–H and O–H groups in total. The second kappa shape index (κ2) is 5.09. The fraction of sp³-hybridized carbons (Fsp3) is 0.250. The number of aliphatic hydroxyl groups is 1. The SMILES string of the molecule is NC[C@]1(O)Cc2ccccc2[C@@H]1Oc1ccccc1Cl. The molecule has 0 unspecified atom stereocenters. The summed E-state index contributed by atoms with van der Waals surface area (Å²) in [6, 6.07) is 15.1. The summed E-state index contributed by atoms with van der Waals surface area (Å²) in [4.78, 5) is 0. The van der Waals surface area contributed by atoms with Crippen LogP contribution in [0.2, 0.25) is 5.02 Å². The lowest BCUT2D eigenvalue weighted by Gasteiger charge is -2.29. The third-order valence-corrected chi connectivity index (χ3v) is 4.07. The van der Waals surface area contributed by atoms with Crippen LogP contribution >= 0.6 is 11.6 Å². The number of nitrogens with two attached hydrogens (primary N) is 1. The van der Waals surface area contributed by atoms with Gasteiger partial charge in [-0.2, -0.15) is 0 Å². The van der Waals surface area contributed by atoms with Crippen molar-refractivity contribution in [2.45, 2.75) is 18.1 Å². The number of ether oxygens (including phenoxy) is 1. The third-order valence-electron chi connectivity index (χ3n) is 3.76. The Hall–Kier alpha value is -1.55. The molecule has 0 aliphatic heterocycles. The molecule has 0 heterocycles. The molecule has 104 valence electrons. The zero-order valence-corrected chi connectivity index (χ0v) is 11.7. The number of rotatable bonds is 3. The van der Waals surface area contributed by atoms with Gasteiger partial charge in [-0.3, -0.25) is 0 Å². The van der Waals surface area contributed by atoms with Crippen LogP contribution in [0.1, 0.15) is 17.2 Å². The van der Waals surface area contributed by atoms with Crippen LogP contribution in [0, 0.1) is 0 Å². The predicted molar refractivity (Wildman–Crippen MR) is 79.0 cm³/mol. The molecule has 0 bridgehead atoms. The van der Waals surface area contributed by atoms with Crippen LogP contribution in [-0.2, 0) is 6.42 Å². The molecule has 4 heteroatoms. The molecule has 1 aliphatic carbocycles. The van der Waals surface area contributed by atoms with E-state index in [1.165, 1.54) is 0 Å². The van der Waals surface area contributed by atoms with Crippen molar-refractivity contribution in [3.05, 3.63) is 64.7 Å². The minimum Gasteiger partial charge on any atom is -0.481 e. The molecular weight excluding hydrogens is 274 g/mol. The first kappa shape index (κ1) is 13.4. The molecule has 0 saturated heterocycles. The van der Waals surface area contributed by atoms with Crippen LogP contribution < -0.4 is 10.5 Å². The van der Waals surface area contributed by atoms with Gasteiger partial charge in [0.05, 0.1) is 5.02 Å². The number of fused-ring (bicyclic) bond motifs is 1. The van der Waals surface area contributed by atoms with Crippen molar-refractivity contribution >= 4 is 11.6 Å². The van der Waals surface area contributed by atoms with Crippen LogP contribution in [0.25, 0.3) is 0 Å². The summed E-state index contributed by atoms with van der Waals surface area (Å²) in [6.45, 7) is 0.136. The van der Waals surface area contributed by atoms with E-state index in [0.29, 0.717) is 17.2 Å². The predicted octanol–water partition coefficient (Wildman–Crippen LogP) is 2.71. The Morgan fingerprint density at radius 2 is 1.90 bits per heavy atom. The van der Waals surface area contributed by atoms with Gasteiger partial charge < -0.3 is 15.6 Å². The van der Waals surface area contributed by atoms with Gasteiger partial charge >= 0.3 is 0 Å². The number of hydrogen-bond donors (Lipinski definition) is 2. The molecule has 0 aromatic heterocycles. The van der Waals surface area contributed by atoms with Gasteiger partial charge in [0.2, 0.25) is 0 Å². The molecule has 2 aromatic carbocycles. The van der Waals surface area contributed by atoms with Gasteiger partial charge in [0.25, 0.3) is 0 Å². The lowest BCUT2D eigenvalue weighted by molar-refractivity contribution is -0.0437. The summed E-state index contributed by atoms with van der Waals surface area (Å²) in [5.74, 6) is 0.558. The zero-order valence-electron chi connectivity index (χ0n) is 10.9. The molecule has 0 spiro atoms. The van der Waals surface area contributed by atoms with Gasteiger partial charge in [-0.1, -0.05) is 48.0 Å². The van der Waals surface area contributed by atoms with Crippen molar-refractivity contribution in [3.63, 3.8) is 0 Å². The minimum absolute atomic E-state index is 0.136. The van der Waals surface area contributed by atoms with Crippen molar-refractivity contribution in [1.82, 2.24) is 0 Å². The van der Waals surface area contributed by atoms with Crippen molar-refractivity contribution in [3.8, 4) is 5.75 Å². The van der Waals surface area contributed by atoms with Crippen molar-refractivity contribution < 1.29 is 9.84 Å². The molecule has 0 amide bonds. The fourth-order valence-electron chi connectivity index (χ4n) is 2.68. The zero-order chi connectivity index (χ0) is 14.2. The molecule has 0 saturated carbocycles. The van der Waals surface area contributed by atoms with Crippen molar-refractivity contribution in [2.75, 3.05) is 6.54 Å². The highest BCUT2D eigenvalue weighted by atomic mass is 35.5. The molecule has 0 radical (unpaired) electrons. The first-order valence-corrected chi connectivity index (χ1v) is 6.93. The van der Waals surface area contributed by atoms with E-state index in [0.717, 1.165) is 11.1 Å². The molecule has 20 heavy (non-hydrogen) atoms. The Bertz CT molecular complexity index is 631. The standard InChI is InChI=1S/C16H16ClNO2/c17-13-7-3-4-8-14(13)20-15-12-6-2-1-5-11(12)9-16(15,19)10-18/h1-8,15,19H,9-10,18H2/t15-,16+/m0/s1. The molecule has 2 atom stereocenters. The van der Waals surface area contributed by atoms with Crippen LogP contribution in [0.5, 0.6) is 5.75 Å². The van der Waals surface area contributed by atoms with Gasteiger partial charge in [0.1, 0.15) is 11.4 Å². The Morgan fingerprint density at radius 3 is 2.65 bits per heavy atom. The summed E-state index contributed by atoms with van der Waals surface area (Å²) >= 11 is 6.13. The summed E-state index contributed by atoms with van der Waals surface area (Å²) in [5, 5.41) is 11.3.